The molecule has 3 N–H and O–H groups in total. The third-order valence-electron chi connectivity index (χ3n) is 3.56. The summed E-state index contributed by atoms with van der Waals surface area (Å²) in [5.41, 5.74) is 2.51. The van der Waals surface area contributed by atoms with Crippen LogP contribution in [0.15, 0.2) is 6.20 Å². The first-order valence-electron chi connectivity index (χ1n) is 6.04. The standard InChI is InChI=1S/C13H20N2O2/c1-9-12(17)11(10(7-16)5-15-9)6-14-8-13(2)3-4-13/h5,14,16-17H,3-4,6-8H2,1-2H3. The van der Waals surface area contributed by atoms with Crippen LogP contribution in [0.4, 0.5) is 0 Å². The summed E-state index contributed by atoms with van der Waals surface area (Å²) in [6.07, 6.45) is 4.17. The Morgan fingerprint density at radius 1 is 1.47 bits per heavy atom. The highest BCUT2D eigenvalue weighted by molar-refractivity contribution is 5.40. The highest BCUT2D eigenvalue weighted by Gasteiger charge is 2.36. The van der Waals surface area contributed by atoms with Gasteiger partial charge in [-0.1, -0.05) is 6.92 Å². The molecule has 0 saturated heterocycles. The van der Waals surface area contributed by atoms with Gasteiger partial charge in [0.05, 0.1) is 12.3 Å². The van der Waals surface area contributed by atoms with Crippen LogP contribution >= 0.6 is 0 Å². The maximum absolute atomic E-state index is 9.94. The van der Waals surface area contributed by atoms with Crippen molar-refractivity contribution in [1.29, 1.82) is 0 Å². The fraction of sp³-hybridized carbons (Fsp3) is 0.615. The quantitative estimate of drug-likeness (QED) is 0.724. The Labute approximate surface area is 102 Å². The molecule has 1 fully saturated rings. The SMILES string of the molecule is Cc1ncc(CO)c(CNCC2(C)CC2)c1O. The van der Waals surface area contributed by atoms with E-state index in [1.165, 1.54) is 12.8 Å². The minimum absolute atomic E-state index is 0.0882. The van der Waals surface area contributed by atoms with Gasteiger partial charge in [-0.2, -0.15) is 0 Å². The highest BCUT2D eigenvalue weighted by atomic mass is 16.3. The first-order valence-corrected chi connectivity index (χ1v) is 6.04. The lowest BCUT2D eigenvalue weighted by Gasteiger charge is -2.14. The van der Waals surface area contributed by atoms with Crippen LogP contribution in [-0.4, -0.2) is 21.7 Å². The minimum atomic E-state index is -0.0882. The van der Waals surface area contributed by atoms with Gasteiger partial charge in [0.2, 0.25) is 0 Å². The van der Waals surface area contributed by atoms with E-state index in [-0.39, 0.29) is 12.4 Å². The molecule has 1 heterocycles. The van der Waals surface area contributed by atoms with Crippen molar-refractivity contribution >= 4 is 0 Å². The molecule has 2 rings (SSSR count). The second-order valence-corrected chi connectivity index (χ2v) is 5.27. The molecule has 1 aliphatic carbocycles. The van der Waals surface area contributed by atoms with Crippen LogP contribution < -0.4 is 5.32 Å². The van der Waals surface area contributed by atoms with E-state index in [0.717, 1.165) is 12.1 Å². The van der Waals surface area contributed by atoms with E-state index in [0.29, 0.717) is 23.2 Å². The third-order valence-corrected chi connectivity index (χ3v) is 3.56. The maximum Gasteiger partial charge on any atom is 0.141 e. The lowest BCUT2D eigenvalue weighted by atomic mass is 10.1. The van der Waals surface area contributed by atoms with Gasteiger partial charge in [-0.05, 0) is 25.2 Å². The number of pyridine rings is 1. The van der Waals surface area contributed by atoms with Crippen molar-refractivity contribution in [3.05, 3.63) is 23.0 Å². The van der Waals surface area contributed by atoms with E-state index in [9.17, 15) is 10.2 Å². The summed E-state index contributed by atoms with van der Waals surface area (Å²) in [7, 11) is 0. The van der Waals surface area contributed by atoms with Crippen molar-refractivity contribution in [2.75, 3.05) is 6.54 Å². The molecule has 0 unspecified atom stereocenters. The predicted octanol–water partition coefficient (Wildman–Crippen LogP) is 1.48. The summed E-state index contributed by atoms with van der Waals surface area (Å²) in [6, 6.07) is 0. The number of rotatable bonds is 5. The van der Waals surface area contributed by atoms with Crippen LogP contribution in [0.3, 0.4) is 0 Å². The molecule has 0 atom stereocenters. The lowest BCUT2D eigenvalue weighted by molar-refractivity contribution is 0.278. The summed E-state index contributed by atoms with van der Waals surface area (Å²) in [5.74, 6) is 0.199. The Morgan fingerprint density at radius 3 is 2.76 bits per heavy atom. The molecular weight excluding hydrogens is 216 g/mol. The lowest BCUT2D eigenvalue weighted by Crippen LogP contribution is -2.22. The Morgan fingerprint density at radius 2 is 2.18 bits per heavy atom. The van der Waals surface area contributed by atoms with E-state index in [2.05, 4.69) is 17.2 Å². The van der Waals surface area contributed by atoms with Crippen molar-refractivity contribution in [3.8, 4) is 5.75 Å². The van der Waals surface area contributed by atoms with Crippen LogP contribution in [0.2, 0.25) is 0 Å². The molecular formula is C13H20N2O2. The topological polar surface area (TPSA) is 65.4 Å². The number of hydrogen-bond acceptors (Lipinski definition) is 4. The third kappa shape index (κ3) is 2.76. The van der Waals surface area contributed by atoms with Crippen molar-refractivity contribution < 1.29 is 10.2 Å². The molecule has 1 aromatic heterocycles. The predicted molar refractivity (Wildman–Crippen MR) is 65.6 cm³/mol. The molecule has 4 heteroatoms. The fourth-order valence-electron chi connectivity index (χ4n) is 1.90. The largest absolute Gasteiger partial charge is 0.506 e. The van der Waals surface area contributed by atoms with Crippen molar-refractivity contribution in [2.24, 2.45) is 5.41 Å². The van der Waals surface area contributed by atoms with Gasteiger partial charge >= 0.3 is 0 Å². The minimum Gasteiger partial charge on any atom is -0.506 e. The van der Waals surface area contributed by atoms with E-state index in [1.54, 1.807) is 13.1 Å². The van der Waals surface area contributed by atoms with Crippen molar-refractivity contribution in [1.82, 2.24) is 10.3 Å². The zero-order valence-corrected chi connectivity index (χ0v) is 10.5. The van der Waals surface area contributed by atoms with Gasteiger partial charge in [0.15, 0.2) is 0 Å². The van der Waals surface area contributed by atoms with E-state index in [1.807, 2.05) is 0 Å². The Kier molecular flexibility index (Phi) is 3.35. The van der Waals surface area contributed by atoms with Gasteiger partial charge < -0.3 is 15.5 Å². The van der Waals surface area contributed by atoms with Crippen LogP contribution in [0.1, 0.15) is 36.6 Å². The maximum atomic E-state index is 9.94. The van der Waals surface area contributed by atoms with E-state index in [4.69, 9.17) is 0 Å². The number of aryl methyl sites for hydroxylation is 1. The number of nitrogens with one attached hydrogen (secondary N) is 1. The monoisotopic (exact) mass is 236 g/mol. The average Bonchev–Trinajstić information content (AvgIpc) is 3.03. The van der Waals surface area contributed by atoms with Gasteiger partial charge in [-0.25, -0.2) is 0 Å². The van der Waals surface area contributed by atoms with Crippen molar-refractivity contribution in [3.63, 3.8) is 0 Å². The van der Waals surface area contributed by atoms with Gasteiger partial charge in [0, 0.05) is 30.4 Å². The number of aliphatic hydroxyl groups is 1. The molecule has 0 amide bonds. The van der Waals surface area contributed by atoms with E-state index < -0.39 is 0 Å². The first-order chi connectivity index (χ1) is 8.06. The summed E-state index contributed by atoms with van der Waals surface area (Å²) < 4.78 is 0. The van der Waals surface area contributed by atoms with Crippen LogP contribution in [0.25, 0.3) is 0 Å². The van der Waals surface area contributed by atoms with Gasteiger partial charge in [-0.3, -0.25) is 4.98 Å². The molecule has 0 radical (unpaired) electrons. The molecule has 94 valence electrons. The zero-order chi connectivity index (χ0) is 12.5. The number of aromatic nitrogens is 1. The Hall–Kier alpha value is -1.13. The van der Waals surface area contributed by atoms with Crippen LogP contribution in [0, 0.1) is 12.3 Å². The first kappa shape index (κ1) is 12.3. The summed E-state index contributed by atoms with van der Waals surface area (Å²) in [4.78, 5) is 4.04. The Bertz CT molecular complexity index is 414. The average molecular weight is 236 g/mol. The molecule has 1 aromatic rings. The van der Waals surface area contributed by atoms with Crippen LogP contribution in [0.5, 0.6) is 5.75 Å². The fourth-order valence-corrected chi connectivity index (χ4v) is 1.90. The summed E-state index contributed by atoms with van der Waals surface area (Å²) in [6.45, 7) is 5.47. The summed E-state index contributed by atoms with van der Waals surface area (Å²) in [5, 5.41) is 22.5. The van der Waals surface area contributed by atoms with Gasteiger partial charge in [0.25, 0.3) is 0 Å². The second kappa shape index (κ2) is 4.63. The van der Waals surface area contributed by atoms with Gasteiger partial charge in [-0.15, -0.1) is 0 Å². The van der Waals surface area contributed by atoms with Gasteiger partial charge in [0.1, 0.15) is 5.75 Å². The molecule has 1 saturated carbocycles. The zero-order valence-electron chi connectivity index (χ0n) is 10.5. The normalized spacial score (nSPS) is 17.1. The number of nitrogens with zero attached hydrogens (tertiary/aromatic N) is 1. The highest BCUT2D eigenvalue weighted by Crippen LogP contribution is 2.44. The molecule has 0 aliphatic heterocycles. The molecule has 4 nitrogen and oxygen atoms in total. The number of aliphatic hydroxyl groups excluding tert-OH is 1. The molecule has 1 aliphatic rings. The van der Waals surface area contributed by atoms with Crippen LogP contribution in [-0.2, 0) is 13.2 Å². The Balaban J connectivity index is 2.05. The second-order valence-electron chi connectivity index (χ2n) is 5.27. The number of aromatic hydroxyl groups is 1. The molecule has 0 aromatic carbocycles. The molecule has 17 heavy (non-hydrogen) atoms. The number of hydrogen-bond donors (Lipinski definition) is 3. The molecule has 0 bridgehead atoms. The summed E-state index contributed by atoms with van der Waals surface area (Å²) >= 11 is 0. The smallest absolute Gasteiger partial charge is 0.141 e. The van der Waals surface area contributed by atoms with E-state index >= 15 is 0 Å². The van der Waals surface area contributed by atoms with Crippen molar-refractivity contribution in [2.45, 2.75) is 39.8 Å². The molecule has 0 spiro atoms.